The Balaban J connectivity index is 0.00000252. The van der Waals surface area contributed by atoms with Crippen LogP contribution in [0, 0.1) is 10.4 Å². The molecule has 0 fully saturated rings. The summed E-state index contributed by atoms with van der Waals surface area (Å²) in [6.07, 6.45) is -20.6. The van der Waals surface area contributed by atoms with Crippen molar-refractivity contribution in [2.45, 2.75) is 24.7 Å². The SMILES string of the molecule is C=c1c(-c2cc(C(F)(F)F)cc(C(F)(F)F)c2)cc2ccccc2c1=c1c(=C)c(-c2cc(C(F)(F)F)cc(C(F)(F)F)c2)cc2ccccc12.[Br-].[Br-].[Sn+2]. The van der Waals surface area contributed by atoms with Crippen LogP contribution in [0.5, 0.6) is 0 Å². The summed E-state index contributed by atoms with van der Waals surface area (Å²) < 4.78 is 166. The van der Waals surface area contributed by atoms with Crippen LogP contribution in [0.1, 0.15) is 22.3 Å². The second-order valence-electron chi connectivity index (χ2n) is 11.6. The second kappa shape index (κ2) is 15.3. The van der Waals surface area contributed by atoms with E-state index in [1.54, 1.807) is 48.5 Å². The Bertz CT molecular complexity index is 2300. The van der Waals surface area contributed by atoms with Gasteiger partial charge in [-0.05, 0) is 113 Å². The number of hydrogen-bond acceptors (Lipinski definition) is 0. The molecule has 0 spiro atoms. The summed E-state index contributed by atoms with van der Waals surface area (Å²) in [4.78, 5) is 0. The first-order chi connectivity index (χ1) is 23.1. The molecule has 0 amide bonds. The Kier molecular flexibility index (Phi) is 12.7. The van der Waals surface area contributed by atoms with E-state index in [2.05, 4.69) is 13.2 Å². The van der Waals surface area contributed by atoms with Crippen LogP contribution < -0.4 is 44.4 Å². The van der Waals surface area contributed by atoms with Crippen molar-refractivity contribution in [3.8, 4) is 22.3 Å². The third kappa shape index (κ3) is 8.59. The molecular formula is C38H20Br2F12Sn. The van der Waals surface area contributed by atoms with Gasteiger partial charge in [0.05, 0.1) is 22.3 Å². The molecule has 15 heteroatoms. The topological polar surface area (TPSA) is 0 Å². The third-order valence-electron chi connectivity index (χ3n) is 8.36. The minimum Gasteiger partial charge on any atom is -1.00 e. The molecule has 0 unspecified atom stereocenters. The monoisotopic (exact) mass is 982 g/mol. The molecular weight excluding hydrogens is 963 g/mol. The summed E-state index contributed by atoms with van der Waals surface area (Å²) in [5.74, 6) is 0. The minimum absolute atomic E-state index is 0. The van der Waals surface area contributed by atoms with Crippen molar-refractivity contribution in [1.82, 2.24) is 0 Å². The maximum absolute atomic E-state index is 13.9. The van der Waals surface area contributed by atoms with E-state index in [9.17, 15) is 52.7 Å². The molecule has 0 aliphatic rings. The van der Waals surface area contributed by atoms with Crippen molar-refractivity contribution in [1.29, 1.82) is 0 Å². The van der Waals surface area contributed by atoms with Crippen LogP contribution in [0.3, 0.4) is 0 Å². The predicted molar refractivity (Wildman–Crippen MR) is 172 cm³/mol. The smallest absolute Gasteiger partial charge is 1.00 e. The first-order valence-corrected chi connectivity index (χ1v) is 14.5. The quantitative estimate of drug-likeness (QED) is 0.167. The van der Waals surface area contributed by atoms with Crippen LogP contribution in [-0.4, -0.2) is 23.9 Å². The van der Waals surface area contributed by atoms with Gasteiger partial charge in [0.25, 0.3) is 0 Å². The third-order valence-corrected chi connectivity index (χ3v) is 8.36. The van der Waals surface area contributed by atoms with E-state index in [1.807, 2.05) is 0 Å². The van der Waals surface area contributed by atoms with Crippen LogP contribution >= 0.6 is 0 Å². The molecule has 0 bridgehead atoms. The summed E-state index contributed by atoms with van der Waals surface area (Å²) in [5.41, 5.74) is -7.44. The number of alkyl halides is 12. The zero-order chi connectivity index (χ0) is 36.6. The second-order valence-corrected chi connectivity index (χ2v) is 11.6. The Morgan fingerprint density at radius 3 is 0.906 bits per heavy atom. The van der Waals surface area contributed by atoms with Crippen molar-refractivity contribution < 1.29 is 86.6 Å². The largest absolute Gasteiger partial charge is 2.00 e. The van der Waals surface area contributed by atoms with Gasteiger partial charge in [0.15, 0.2) is 0 Å². The van der Waals surface area contributed by atoms with Gasteiger partial charge in [0.1, 0.15) is 0 Å². The molecule has 0 atom stereocenters. The first kappa shape index (κ1) is 43.9. The fourth-order valence-electron chi connectivity index (χ4n) is 6.09. The van der Waals surface area contributed by atoms with Crippen molar-refractivity contribution in [3.05, 3.63) is 140 Å². The van der Waals surface area contributed by atoms with Crippen LogP contribution in [0.4, 0.5) is 52.7 Å². The van der Waals surface area contributed by atoms with E-state index in [0.29, 0.717) is 45.8 Å². The molecule has 2 radical (unpaired) electrons. The van der Waals surface area contributed by atoms with E-state index in [4.69, 9.17) is 0 Å². The predicted octanol–water partition coefficient (Wildman–Crippen LogP) is 5.14. The summed E-state index contributed by atoms with van der Waals surface area (Å²) in [6.45, 7) is 8.12. The molecule has 6 rings (SSSR count). The average Bonchev–Trinajstić information content (AvgIpc) is 3.03. The fourth-order valence-corrected chi connectivity index (χ4v) is 6.09. The van der Waals surface area contributed by atoms with Gasteiger partial charge in [-0.2, -0.15) is 52.7 Å². The molecule has 0 saturated carbocycles. The normalized spacial score (nSPS) is 12.9. The molecule has 6 aromatic rings. The van der Waals surface area contributed by atoms with Gasteiger partial charge in [0, 0.05) is 0 Å². The summed E-state index contributed by atoms with van der Waals surface area (Å²) >= 11 is 0. The van der Waals surface area contributed by atoms with E-state index in [-0.39, 0.29) is 102 Å². The van der Waals surface area contributed by atoms with E-state index >= 15 is 0 Å². The molecule has 0 aliphatic carbocycles. The molecule has 53 heavy (non-hydrogen) atoms. The van der Waals surface area contributed by atoms with E-state index in [1.165, 1.54) is 12.1 Å². The zero-order valence-corrected chi connectivity index (χ0v) is 32.5. The number of fused-ring (bicyclic) bond motifs is 2. The van der Waals surface area contributed by atoms with Crippen LogP contribution in [0.25, 0.3) is 57.0 Å². The maximum Gasteiger partial charge on any atom is 2.00 e. The van der Waals surface area contributed by atoms with Gasteiger partial charge >= 0.3 is 48.6 Å². The van der Waals surface area contributed by atoms with Gasteiger partial charge in [-0.15, -0.1) is 0 Å². The molecule has 0 aromatic heterocycles. The molecule has 274 valence electrons. The molecule has 0 saturated heterocycles. The Hall–Kier alpha value is -3.50. The number of halogens is 14. The number of rotatable bonds is 2. The summed E-state index contributed by atoms with van der Waals surface area (Å²) in [5, 5.41) is 1.72. The summed E-state index contributed by atoms with van der Waals surface area (Å²) in [6, 6.07) is 17.6. The van der Waals surface area contributed by atoms with Gasteiger partial charge in [-0.1, -0.05) is 61.7 Å². The zero-order valence-electron chi connectivity index (χ0n) is 26.4. The Labute approximate surface area is 330 Å². The van der Waals surface area contributed by atoms with Crippen LogP contribution in [0.15, 0.2) is 97.1 Å². The molecule has 6 aromatic carbocycles. The molecule has 0 aliphatic heterocycles. The standard InChI is InChI=1S/C38H20F12.2BrH.Sn/c1-19-31(23-11-25(35(39,40)41)17-26(12-23)36(42,43)44)15-21-7-3-5-9-29(21)33(19)34-20(2)32(16-22-8-4-6-10-30(22)34)24-13-27(37(45,46)47)18-28(14-24)38(48,49)50;;;/h3-18H,1-2H2;2*1H;/q;;;+2/p-2. The van der Waals surface area contributed by atoms with Gasteiger partial charge in [0.2, 0.25) is 0 Å². The Morgan fingerprint density at radius 1 is 0.377 bits per heavy atom. The number of benzene rings is 6. The minimum atomic E-state index is -5.15. The van der Waals surface area contributed by atoms with Gasteiger partial charge in [-0.3, -0.25) is 0 Å². The van der Waals surface area contributed by atoms with Gasteiger partial charge in [-0.25, -0.2) is 0 Å². The van der Waals surface area contributed by atoms with Gasteiger partial charge < -0.3 is 34.0 Å². The first-order valence-electron chi connectivity index (χ1n) is 14.5. The summed E-state index contributed by atoms with van der Waals surface area (Å²) in [7, 11) is 0. The van der Waals surface area contributed by atoms with Crippen LogP contribution in [-0.2, 0) is 24.7 Å². The van der Waals surface area contributed by atoms with Crippen molar-refractivity contribution in [2.75, 3.05) is 0 Å². The van der Waals surface area contributed by atoms with Crippen molar-refractivity contribution >= 4 is 58.6 Å². The van der Waals surface area contributed by atoms with Crippen molar-refractivity contribution in [3.63, 3.8) is 0 Å². The van der Waals surface area contributed by atoms with Crippen molar-refractivity contribution in [2.24, 2.45) is 0 Å². The van der Waals surface area contributed by atoms with Crippen LogP contribution in [0.2, 0.25) is 0 Å². The molecule has 0 N–H and O–H groups in total. The Morgan fingerprint density at radius 2 is 0.642 bits per heavy atom. The fraction of sp³-hybridized carbons (Fsp3) is 0.105. The van der Waals surface area contributed by atoms with E-state index in [0.717, 1.165) is 0 Å². The maximum atomic E-state index is 13.9. The molecule has 0 heterocycles. The molecule has 0 nitrogen and oxygen atoms in total. The number of hydrogen-bond donors (Lipinski definition) is 0. The van der Waals surface area contributed by atoms with E-state index < -0.39 is 58.1 Å². The average molecular weight is 983 g/mol.